The monoisotopic (exact) mass is 240 g/mol. The molecule has 0 radical (unpaired) electrons. The number of aromatic amines is 1. The van der Waals surface area contributed by atoms with E-state index in [1.165, 1.54) is 4.90 Å². The molecule has 0 aliphatic rings. The summed E-state index contributed by atoms with van der Waals surface area (Å²) in [4.78, 5) is 40.7. The van der Waals surface area contributed by atoms with E-state index in [9.17, 15) is 14.4 Å². The van der Waals surface area contributed by atoms with Crippen molar-refractivity contribution < 1.29 is 19.5 Å². The Balaban J connectivity index is 2.68. The van der Waals surface area contributed by atoms with Gasteiger partial charge < -0.3 is 20.3 Å². The van der Waals surface area contributed by atoms with Gasteiger partial charge in [0.2, 0.25) is 5.91 Å². The Morgan fingerprint density at radius 2 is 2.12 bits per heavy atom. The van der Waals surface area contributed by atoms with Crippen LogP contribution < -0.4 is 5.32 Å². The van der Waals surface area contributed by atoms with E-state index in [1.54, 1.807) is 14.1 Å². The molecule has 0 fully saturated rings. The summed E-state index contributed by atoms with van der Waals surface area (Å²) in [6.45, 7) is -0.211. The van der Waals surface area contributed by atoms with Crippen LogP contribution in [-0.2, 0) is 4.79 Å². The van der Waals surface area contributed by atoms with Gasteiger partial charge in [-0.2, -0.15) is 0 Å². The van der Waals surface area contributed by atoms with Gasteiger partial charge in [0.1, 0.15) is 0 Å². The number of carboxylic acid groups (broad SMARTS) is 1. The van der Waals surface area contributed by atoms with Crippen molar-refractivity contribution in [3.8, 4) is 0 Å². The van der Waals surface area contributed by atoms with Crippen LogP contribution in [0, 0.1) is 0 Å². The average Bonchev–Trinajstić information content (AvgIpc) is 2.73. The first kappa shape index (κ1) is 12.7. The van der Waals surface area contributed by atoms with E-state index < -0.39 is 11.9 Å². The van der Waals surface area contributed by atoms with Crippen molar-refractivity contribution in [1.82, 2.24) is 20.2 Å². The van der Waals surface area contributed by atoms with Gasteiger partial charge in [-0.15, -0.1) is 0 Å². The summed E-state index contributed by atoms with van der Waals surface area (Å²) in [5.74, 6) is -2.30. The highest BCUT2D eigenvalue weighted by molar-refractivity contribution is 6.03. The molecular formula is C9H12N4O4. The molecule has 1 aromatic heterocycles. The maximum absolute atomic E-state index is 11.5. The fourth-order valence-electron chi connectivity index (χ4n) is 1.03. The third-order valence-electron chi connectivity index (χ3n) is 1.97. The van der Waals surface area contributed by atoms with Crippen LogP contribution in [0.15, 0.2) is 6.33 Å². The van der Waals surface area contributed by atoms with E-state index in [0.717, 1.165) is 6.33 Å². The summed E-state index contributed by atoms with van der Waals surface area (Å²) in [5.41, 5.74) is -0.552. The summed E-state index contributed by atoms with van der Waals surface area (Å²) in [6.07, 6.45) is 1.10. The first-order valence-electron chi connectivity index (χ1n) is 4.68. The molecule has 92 valence electrons. The zero-order chi connectivity index (χ0) is 13.0. The number of H-pyrrole nitrogens is 1. The van der Waals surface area contributed by atoms with E-state index in [2.05, 4.69) is 15.3 Å². The van der Waals surface area contributed by atoms with Gasteiger partial charge in [-0.1, -0.05) is 0 Å². The first-order valence-corrected chi connectivity index (χ1v) is 4.68. The number of nitrogens with one attached hydrogen (secondary N) is 2. The molecule has 0 saturated heterocycles. The standard InChI is InChI=1S/C9H12N4O4/c1-13(2)5(14)3-10-8(15)6-7(9(16)17)12-4-11-6/h4H,3H2,1-2H3,(H,10,15)(H,11,12)(H,16,17). The van der Waals surface area contributed by atoms with Gasteiger partial charge in [-0.3, -0.25) is 9.59 Å². The van der Waals surface area contributed by atoms with Gasteiger partial charge in [-0.05, 0) is 0 Å². The summed E-state index contributed by atoms with van der Waals surface area (Å²) < 4.78 is 0. The van der Waals surface area contributed by atoms with Crippen molar-refractivity contribution >= 4 is 17.8 Å². The molecule has 3 N–H and O–H groups in total. The minimum Gasteiger partial charge on any atom is -0.477 e. The molecule has 1 aromatic rings. The molecule has 8 nitrogen and oxygen atoms in total. The maximum atomic E-state index is 11.5. The number of nitrogens with zero attached hydrogens (tertiary/aromatic N) is 2. The number of hydrogen-bond acceptors (Lipinski definition) is 4. The van der Waals surface area contributed by atoms with Crippen molar-refractivity contribution in [3.05, 3.63) is 17.7 Å². The molecule has 17 heavy (non-hydrogen) atoms. The average molecular weight is 240 g/mol. The van der Waals surface area contributed by atoms with Gasteiger partial charge >= 0.3 is 5.97 Å². The Kier molecular flexibility index (Phi) is 3.81. The number of carbonyl (C=O) groups excluding carboxylic acids is 2. The zero-order valence-electron chi connectivity index (χ0n) is 9.35. The van der Waals surface area contributed by atoms with E-state index in [1.807, 2.05) is 0 Å². The molecule has 0 bridgehead atoms. The Morgan fingerprint density at radius 3 is 2.65 bits per heavy atom. The van der Waals surface area contributed by atoms with Crippen LogP contribution >= 0.6 is 0 Å². The lowest BCUT2D eigenvalue weighted by Crippen LogP contribution is -2.36. The summed E-state index contributed by atoms with van der Waals surface area (Å²) in [7, 11) is 3.09. The highest BCUT2D eigenvalue weighted by atomic mass is 16.4. The van der Waals surface area contributed by atoms with E-state index in [4.69, 9.17) is 5.11 Å². The number of rotatable bonds is 4. The second-order valence-electron chi connectivity index (χ2n) is 3.40. The number of imidazole rings is 1. The lowest BCUT2D eigenvalue weighted by atomic mass is 10.3. The van der Waals surface area contributed by atoms with Gasteiger partial charge in [-0.25, -0.2) is 9.78 Å². The molecule has 0 atom stereocenters. The minimum atomic E-state index is -1.29. The van der Waals surface area contributed by atoms with E-state index in [-0.39, 0.29) is 23.8 Å². The van der Waals surface area contributed by atoms with Crippen molar-refractivity contribution in [1.29, 1.82) is 0 Å². The number of aromatic nitrogens is 2. The normalized spacial score (nSPS) is 9.76. The Hall–Kier alpha value is -2.38. The molecule has 0 aromatic carbocycles. The molecule has 0 unspecified atom stereocenters. The Bertz CT molecular complexity index is 452. The van der Waals surface area contributed by atoms with Crippen LogP contribution in [0.25, 0.3) is 0 Å². The third-order valence-corrected chi connectivity index (χ3v) is 1.97. The van der Waals surface area contributed by atoms with Crippen molar-refractivity contribution in [2.45, 2.75) is 0 Å². The molecule has 0 aliphatic carbocycles. The zero-order valence-corrected chi connectivity index (χ0v) is 9.35. The first-order chi connectivity index (χ1) is 7.93. The number of carboxylic acids is 1. The fraction of sp³-hybridized carbons (Fsp3) is 0.333. The summed E-state index contributed by atoms with van der Waals surface area (Å²) >= 11 is 0. The topological polar surface area (TPSA) is 115 Å². The van der Waals surface area contributed by atoms with Crippen LogP contribution in [0.1, 0.15) is 21.0 Å². The third kappa shape index (κ3) is 3.03. The number of likely N-dealkylation sites (N-methyl/N-ethyl adjacent to an activating group) is 1. The molecule has 1 rings (SSSR count). The fourth-order valence-corrected chi connectivity index (χ4v) is 1.03. The van der Waals surface area contributed by atoms with Gasteiger partial charge in [0.15, 0.2) is 11.4 Å². The maximum Gasteiger partial charge on any atom is 0.354 e. The molecule has 1 heterocycles. The van der Waals surface area contributed by atoms with Crippen molar-refractivity contribution in [2.24, 2.45) is 0 Å². The second-order valence-corrected chi connectivity index (χ2v) is 3.40. The van der Waals surface area contributed by atoms with Crippen LogP contribution in [0.5, 0.6) is 0 Å². The molecule has 0 spiro atoms. The quantitative estimate of drug-likeness (QED) is 0.619. The highest BCUT2D eigenvalue weighted by Gasteiger charge is 2.20. The molecule has 2 amide bonds. The van der Waals surface area contributed by atoms with Crippen LogP contribution in [-0.4, -0.2) is 58.4 Å². The van der Waals surface area contributed by atoms with Crippen LogP contribution in [0.4, 0.5) is 0 Å². The Morgan fingerprint density at radius 1 is 1.47 bits per heavy atom. The number of carbonyl (C=O) groups is 3. The largest absolute Gasteiger partial charge is 0.477 e. The van der Waals surface area contributed by atoms with E-state index >= 15 is 0 Å². The molecule has 0 aliphatic heterocycles. The molecular weight excluding hydrogens is 228 g/mol. The summed E-state index contributed by atoms with van der Waals surface area (Å²) in [5, 5.41) is 11.0. The summed E-state index contributed by atoms with van der Waals surface area (Å²) in [6, 6.07) is 0. The van der Waals surface area contributed by atoms with Gasteiger partial charge in [0.05, 0.1) is 12.9 Å². The van der Waals surface area contributed by atoms with Crippen LogP contribution in [0.2, 0.25) is 0 Å². The van der Waals surface area contributed by atoms with Crippen molar-refractivity contribution in [2.75, 3.05) is 20.6 Å². The van der Waals surface area contributed by atoms with Crippen LogP contribution in [0.3, 0.4) is 0 Å². The second kappa shape index (κ2) is 5.10. The minimum absolute atomic E-state index is 0.211. The lowest BCUT2D eigenvalue weighted by molar-refractivity contribution is -0.127. The highest BCUT2D eigenvalue weighted by Crippen LogP contribution is 2.02. The predicted molar refractivity (Wildman–Crippen MR) is 56.6 cm³/mol. The SMILES string of the molecule is CN(C)C(=O)CNC(=O)c1nc[nH]c1C(=O)O. The lowest BCUT2D eigenvalue weighted by Gasteiger charge is -2.10. The molecule has 8 heteroatoms. The van der Waals surface area contributed by atoms with Gasteiger partial charge in [0.25, 0.3) is 5.91 Å². The smallest absolute Gasteiger partial charge is 0.354 e. The van der Waals surface area contributed by atoms with E-state index in [0.29, 0.717) is 0 Å². The molecule has 0 saturated carbocycles. The van der Waals surface area contributed by atoms with Gasteiger partial charge in [0, 0.05) is 14.1 Å². The number of aromatic carboxylic acids is 1. The predicted octanol–water partition coefficient (Wildman–Crippen LogP) is -1.07. The van der Waals surface area contributed by atoms with Crippen molar-refractivity contribution in [3.63, 3.8) is 0 Å². The Labute approximate surface area is 96.6 Å². The number of hydrogen-bond donors (Lipinski definition) is 3. The number of amides is 2.